The van der Waals surface area contributed by atoms with E-state index in [1.54, 1.807) is 6.21 Å². The van der Waals surface area contributed by atoms with E-state index in [0.717, 1.165) is 25.3 Å². The van der Waals surface area contributed by atoms with Gasteiger partial charge < -0.3 is 9.47 Å². The molecule has 1 N–H and O–H groups in total. The van der Waals surface area contributed by atoms with Gasteiger partial charge >= 0.3 is 0 Å². The maximum atomic E-state index is 12.0. The second-order valence-electron chi connectivity index (χ2n) is 5.80. The van der Waals surface area contributed by atoms with Gasteiger partial charge in [0.1, 0.15) is 11.5 Å². The van der Waals surface area contributed by atoms with Gasteiger partial charge in [0.2, 0.25) is 0 Å². The second kappa shape index (κ2) is 9.71. The molecule has 0 aliphatic heterocycles. The summed E-state index contributed by atoms with van der Waals surface area (Å²) in [6, 6.07) is 17.2. The Morgan fingerprint density at radius 3 is 2.71 bits per heavy atom. The third kappa shape index (κ3) is 5.11. The van der Waals surface area contributed by atoms with E-state index >= 15 is 0 Å². The van der Waals surface area contributed by atoms with E-state index in [0.29, 0.717) is 18.1 Å². The van der Waals surface area contributed by atoms with Gasteiger partial charge in [-0.05, 0) is 64.0 Å². The number of hydrogen-bond donors (Lipinski definition) is 1. The van der Waals surface area contributed by atoms with E-state index in [1.165, 1.54) is 0 Å². The molecule has 0 spiro atoms. The summed E-state index contributed by atoms with van der Waals surface area (Å²) in [5, 5.41) is 6.05. The number of nitrogens with one attached hydrogen (secondary N) is 1. The molecule has 3 aromatic carbocycles. The molecule has 3 aromatic rings. The molecule has 0 aliphatic carbocycles. The molecular weight excluding hydrogens is 488 g/mol. The highest BCUT2D eigenvalue weighted by Gasteiger charge is 2.09. The molecular formula is C21H18Br2N2O3. The highest BCUT2D eigenvalue weighted by Crippen LogP contribution is 2.34. The van der Waals surface area contributed by atoms with Crippen molar-refractivity contribution in [1.82, 2.24) is 5.43 Å². The normalized spacial score (nSPS) is 11.0. The topological polar surface area (TPSA) is 59.9 Å². The van der Waals surface area contributed by atoms with Crippen molar-refractivity contribution in [3.05, 3.63) is 69.1 Å². The molecule has 0 saturated heterocycles. The van der Waals surface area contributed by atoms with Crippen LogP contribution in [0.4, 0.5) is 0 Å². The Hall–Kier alpha value is -2.38. The zero-order valence-corrected chi connectivity index (χ0v) is 18.3. The van der Waals surface area contributed by atoms with Crippen molar-refractivity contribution in [2.75, 3.05) is 13.2 Å². The summed E-state index contributed by atoms with van der Waals surface area (Å²) in [6.45, 7) is 2.32. The van der Waals surface area contributed by atoms with Crippen LogP contribution in [0.3, 0.4) is 0 Å². The first-order chi connectivity index (χ1) is 13.6. The van der Waals surface area contributed by atoms with Gasteiger partial charge in [-0.1, -0.05) is 40.2 Å². The highest BCUT2D eigenvalue weighted by atomic mass is 79.9. The van der Waals surface area contributed by atoms with Gasteiger partial charge in [-0.15, -0.1) is 0 Å². The summed E-state index contributed by atoms with van der Waals surface area (Å²) in [4.78, 5) is 12.0. The van der Waals surface area contributed by atoms with Crippen molar-refractivity contribution >= 4 is 54.8 Å². The van der Waals surface area contributed by atoms with Crippen LogP contribution in [0.15, 0.2) is 68.6 Å². The molecule has 0 radical (unpaired) electrons. The molecule has 0 saturated carbocycles. The first kappa shape index (κ1) is 20.4. The van der Waals surface area contributed by atoms with Gasteiger partial charge in [0, 0.05) is 10.0 Å². The van der Waals surface area contributed by atoms with Crippen LogP contribution in [0, 0.1) is 0 Å². The van der Waals surface area contributed by atoms with Gasteiger partial charge in [-0.2, -0.15) is 5.10 Å². The Morgan fingerprint density at radius 1 is 1.07 bits per heavy atom. The number of benzene rings is 3. The Labute approximate surface area is 180 Å². The maximum Gasteiger partial charge on any atom is 0.277 e. The number of hydrazone groups is 1. The molecule has 5 nitrogen and oxygen atoms in total. The molecule has 0 heterocycles. The van der Waals surface area contributed by atoms with Gasteiger partial charge in [0.25, 0.3) is 5.91 Å². The van der Waals surface area contributed by atoms with Gasteiger partial charge in [0.15, 0.2) is 6.61 Å². The lowest BCUT2D eigenvalue weighted by molar-refractivity contribution is -0.123. The number of fused-ring (bicyclic) bond motifs is 1. The maximum absolute atomic E-state index is 12.0. The first-order valence-corrected chi connectivity index (χ1v) is 10.2. The Balaban J connectivity index is 1.60. The number of para-hydroxylation sites is 1. The molecule has 1 amide bonds. The predicted octanol–water partition coefficient (Wildman–Crippen LogP) is 5.29. The Morgan fingerprint density at radius 2 is 1.89 bits per heavy atom. The van der Waals surface area contributed by atoms with Crippen LogP contribution in [0.5, 0.6) is 11.5 Å². The van der Waals surface area contributed by atoms with Crippen molar-refractivity contribution in [3.8, 4) is 11.5 Å². The summed E-state index contributed by atoms with van der Waals surface area (Å²) >= 11 is 7.01. The smallest absolute Gasteiger partial charge is 0.277 e. The van der Waals surface area contributed by atoms with E-state index < -0.39 is 0 Å². The minimum atomic E-state index is -0.354. The second-order valence-corrected chi connectivity index (χ2v) is 7.50. The van der Waals surface area contributed by atoms with E-state index in [1.807, 2.05) is 61.5 Å². The lowest BCUT2D eigenvalue weighted by atomic mass is 10.1. The molecule has 0 aromatic heterocycles. The quantitative estimate of drug-likeness (QED) is 0.350. The molecule has 3 rings (SSSR count). The van der Waals surface area contributed by atoms with E-state index in [4.69, 9.17) is 9.47 Å². The largest absolute Gasteiger partial charge is 0.493 e. The Kier molecular flexibility index (Phi) is 7.06. The third-order valence-electron chi connectivity index (χ3n) is 3.85. The SMILES string of the molecule is CCOc1ccccc1C=NNC(=O)COc1ccc2cc(Br)ccc2c1Br. The van der Waals surface area contributed by atoms with Crippen molar-refractivity contribution < 1.29 is 14.3 Å². The molecule has 28 heavy (non-hydrogen) atoms. The van der Waals surface area contributed by atoms with E-state index in [9.17, 15) is 4.79 Å². The van der Waals surface area contributed by atoms with Gasteiger partial charge in [-0.3, -0.25) is 4.79 Å². The molecule has 0 aliphatic rings. The van der Waals surface area contributed by atoms with Crippen LogP contribution in [0.1, 0.15) is 12.5 Å². The third-order valence-corrected chi connectivity index (χ3v) is 5.16. The van der Waals surface area contributed by atoms with Crippen molar-refractivity contribution in [3.63, 3.8) is 0 Å². The Bertz CT molecular complexity index is 1020. The number of ether oxygens (including phenoxy) is 2. The van der Waals surface area contributed by atoms with Crippen molar-refractivity contribution in [2.24, 2.45) is 5.10 Å². The molecule has 0 fully saturated rings. The number of amides is 1. The zero-order chi connectivity index (χ0) is 19.9. The van der Waals surface area contributed by atoms with E-state index in [-0.39, 0.29) is 12.5 Å². The minimum Gasteiger partial charge on any atom is -0.493 e. The van der Waals surface area contributed by atoms with Crippen LogP contribution < -0.4 is 14.9 Å². The summed E-state index contributed by atoms with van der Waals surface area (Å²) in [5.74, 6) is 0.953. The average molecular weight is 506 g/mol. The fourth-order valence-electron chi connectivity index (χ4n) is 2.58. The highest BCUT2D eigenvalue weighted by molar-refractivity contribution is 9.11. The van der Waals surface area contributed by atoms with Gasteiger partial charge in [0.05, 0.1) is 17.3 Å². The number of halogens is 2. The van der Waals surface area contributed by atoms with Crippen molar-refractivity contribution in [1.29, 1.82) is 0 Å². The summed E-state index contributed by atoms with van der Waals surface area (Å²) in [6.07, 6.45) is 1.55. The fraction of sp³-hybridized carbons (Fsp3) is 0.143. The average Bonchev–Trinajstić information content (AvgIpc) is 2.69. The summed E-state index contributed by atoms with van der Waals surface area (Å²) < 4.78 is 13.0. The number of rotatable bonds is 7. The minimum absolute atomic E-state index is 0.148. The molecule has 0 atom stereocenters. The van der Waals surface area contributed by atoms with Crippen LogP contribution in [0.2, 0.25) is 0 Å². The molecule has 0 bridgehead atoms. The number of carbonyl (C=O) groups excluding carboxylic acids is 1. The molecule has 144 valence electrons. The lowest BCUT2D eigenvalue weighted by Gasteiger charge is -2.10. The summed E-state index contributed by atoms with van der Waals surface area (Å²) in [5.41, 5.74) is 3.25. The standard InChI is InChI=1S/C21H18Br2N2O3/c1-2-27-18-6-4-3-5-15(18)12-24-25-20(26)13-28-19-10-7-14-11-16(22)8-9-17(14)21(19)23/h3-12H,2,13H2,1H3,(H,25,26). The zero-order valence-electron chi connectivity index (χ0n) is 15.1. The number of hydrogen-bond acceptors (Lipinski definition) is 4. The van der Waals surface area contributed by atoms with Crippen molar-refractivity contribution in [2.45, 2.75) is 6.92 Å². The lowest BCUT2D eigenvalue weighted by Crippen LogP contribution is -2.24. The van der Waals surface area contributed by atoms with Crippen LogP contribution in [0.25, 0.3) is 10.8 Å². The van der Waals surface area contributed by atoms with Crippen LogP contribution in [-0.2, 0) is 4.79 Å². The number of nitrogens with zero attached hydrogens (tertiary/aromatic N) is 1. The van der Waals surface area contributed by atoms with E-state index in [2.05, 4.69) is 42.4 Å². The first-order valence-electron chi connectivity index (χ1n) is 8.62. The fourth-order valence-corrected chi connectivity index (χ4v) is 3.56. The van der Waals surface area contributed by atoms with Gasteiger partial charge in [-0.25, -0.2) is 5.43 Å². The number of carbonyl (C=O) groups is 1. The van der Waals surface area contributed by atoms with Crippen LogP contribution >= 0.6 is 31.9 Å². The molecule has 0 unspecified atom stereocenters. The molecule has 7 heteroatoms. The monoisotopic (exact) mass is 504 g/mol. The van der Waals surface area contributed by atoms with Crippen LogP contribution in [-0.4, -0.2) is 25.3 Å². The summed E-state index contributed by atoms with van der Waals surface area (Å²) in [7, 11) is 0. The predicted molar refractivity (Wildman–Crippen MR) is 118 cm³/mol.